The van der Waals surface area contributed by atoms with Gasteiger partial charge in [-0.2, -0.15) is 5.10 Å². The minimum absolute atomic E-state index is 0.130. The topological polar surface area (TPSA) is 114 Å². The molecule has 0 radical (unpaired) electrons. The normalized spacial score (nSPS) is 13.6. The van der Waals surface area contributed by atoms with Gasteiger partial charge in [-0.05, 0) is 39.1 Å². The zero-order valence-corrected chi connectivity index (χ0v) is 22.8. The molecule has 12 heteroatoms. The van der Waals surface area contributed by atoms with E-state index < -0.39 is 6.10 Å². The van der Waals surface area contributed by atoms with E-state index in [2.05, 4.69) is 25.3 Å². The Balaban J connectivity index is 1.61. The maximum atomic E-state index is 10.1. The van der Waals surface area contributed by atoms with Crippen molar-refractivity contribution in [3.8, 4) is 28.5 Å². The molecule has 5 rings (SSSR count). The molecule has 1 aliphatic rings. The number of aromatic nitrogens is 6. The number of hydrogen-bond acceptors (Lipinski definition) is 9. The van der Waals surface area contributed by atoms with Gasteiger partial charge in [0.25, 0.3) is 0 Å². The molecule has 0 fully saturated rings. The van der Waals surface area contributed by atoms with Crippen LogP contribution in [0.5, 0.6) is 5.75 Å². The fourth-order valence-corrected chi connectivity index (χ4v) is 4.94. The highest BCUT2D eigenvalue weighted by atomic mass is 35.5. The van der Waals surface area contributed by atoms with Crippen LogP contribution >= 0.6 is 23.2 Å². The zero-order valence-electron chi connectivity index (χ0n) is 21.3. The first-order valence-electron chi connectivity index (χ1n) is 12.3. The van der Waals surface area contributed by atoms with Gasteiger partial charge in [-0.15, -0.1) is 0 Å². The molecule has 4 aromatic rings. The number of nitrogens with zero attached hydrogens (tertiary/aromatic N) is 7. The van der Waals surface area contributed by atoms with Crippen molar-refractivity contribution >= 4 is 29.0 Å². The summed E-state index contributed by atoms with van der Waals surface area (Å²) in [6.45, 7) is 6.37. The number of rotatable bonds is 9. The van der Waals surface area contributed by atoms with E-state index in [1.54, 1.807) is 37.8 Å². The van der Waals surface area contributed by atoms with Gasteiger partial charge in [-0.1, -0.05) is 23.2 Å². The van der Waals surface area contributed by atoms with E-state index in [4.69, 9.17) is 37.9 Å². The lowest BCUT2D eigenvalue weighted by Gasteiger charge is -2.22. The van der Waals surface area contributed by atoms with Crippen LogP contribution in [0.2, 0.25) is 10.0 Å². The minimum Gasteiger partial charge on any atom is -0.491 e. The van der Waals surface area contributed by atoms with Crippen molar-refractivity contribution in [1.29, 1.82) is 0 Å². The molecule has 0 unspecified atom stereocenters. The van der Waals surface area contributed by atoms with E-state index in [9.17, 15) is 5.11 Å². The second-order valence-electron chi connectivity index (χ2n) is 9.02. The highest BCUT2D eigenvalue weighted by Gasteiger charge is 2.27. The van der Waals surface area contributed by atoms with Crippen LogP contribution in [0.25, 0.3) is 22.8 Å². The van der Waals surface area contributed by atoms with Crippen molar-refractivity contribution in [2.45, 2.75) is 39.6 Å². The van der Waals surface area contributed by atoms with Crippen LogP contribution in [0, 0.1) is 6.92 Å². The molecular formula is C26H28Cl2N8O2. The Morgan fingerprint density at radius 2 is 2.00 bits per heavy atom. The van der Waals surface area contributed by atoms with Crippen molar-refractivity contribution in [3.63, 3.8) is 0 Å². The van der Waals surface area contributed by atoms with Gasteiger partial charge < -0.3 is 20.1 Å². The van der Waals surface area contributed by atoms with Crippen LogP contribution in [0.1, 0.15) is 23.7 Å². The number of likely N-dealkylation sites (N-methyl/N-ethyl adjacent to an activating group) is 1. The molecule has 0 saturated carbocycles. The number of anilines is 1. The van der Waals surface area contributed by atoms with E-state index in [1.165, 1.54) is 0 Å². The zero-order chi connectivity index (χ0) is 26.8. The molecule has 2 N–H and O–H groups in total. The lowest BCUT2D eigenvalue weighted by Crippen LogP contribution is -2.29. The summed E-state index contributed by atoms with van der Waals surface area (Å²) in [5.41, 5.74) is 4.87. The molecule has 38 heavy (non-hydrogen) atoms. The van der Waals surface area contributed by atoms with Gasteiger partial charge in [0.05, 0.1) is 34.2 Å². The summed E-state index contributed by atoms with van der Waals surface area (Å²) in [6.07, 6.45) is 4.37. The Bertz CT molecular complexity index is 1440. The van der Waals surface area contributed by atoms with Gasteiger partial charge in [0.2, 0.25) is 0 Å². The minimum atomic E-state index is -0.649. The van der Waals surface area contributed by atoms with Crippen molar-refractivity contribution in [2.24, 2.45) is 0 Å². The number of ether oxygens (including phenoxy) is 1. The highest BCUT2D eigenvalue weighted by Crippen LogP contribution is 2.38. The van der Waals surface area contributed by atoms with Gasteiger partial charge in [-0.3, -0.25) is 4.68 Å². The second-order valence-corrected chi connectivity index (χ2v) is 9.83. The number of nitrogens with one attached hydrogen (secondary N) is 1. The Labute approximate surface area is 230 Å². The van der Waals surface area contributed by atoms with Gasteiger partial charge >= 0.3 is 0 Å². The number of hydrogen-bond donors (Lipinski definition) is 2. The first-order valence-corrected chi connectivity index (χ1v) is 13.0. The molecule has 0 saturated heterocycles. The Morgan fingerprint density at radius 3 is 2.76 bits per heavy atom. The monoisotopic (exact) mass is 554 g/mol. The van der Waals surface area contributed by atoms with E-state index in [0.29, 0.717) is 64.7 Å². The van der Waals surface area contributed by atoms with E-state index in [-0.39, 0.29) is 6.61 Å². The predicted octanol–water partition coefficient (Wildman–Crippen LogP) is 3.91. The van der Waals surface area contributed by atoms with Gasteiger partial charge in [0.1, 0.15) is 36.3 Å². The van der Waals surface area contributed by atoms with Crippen molar-refractivity contribution < 1.29 is 9.84 Å². The summed E-state index contributed by atoms with van der Waals surface area (Å²) >= 11 is 13.3. The number of halogens is 2. The molecular weight excluding hydrogens is 527 g/mol. The smallest absolute Gasteiger partial charge is 0.163 e. The first-order chi connectivity index (χ1) is 18.4. The Morgan fingerprint density at radius 1 is 1.16 bits per heavy atom. The molecule has 0 amide bonds. The lowest BCUT2D eigenvalue weighted by molar-refractivity contribution is 0.108. The summed E-state index contributed by atoms with van der Waals surface area (Å²) in [5.74, 6) is 1.72. The quantitative estimate of drug-likeness (QED) is 0.317. The molecule has 0 aliphatic carbocycles. The third-order valence-corrected chi connectivity index (χ3v) is 6.99. The molecule has 0 bridgehead atoms. The average Bonchev–Trinajstić information content (AvgIpc) is 3.51. The van der Waals surface area contributed by atoms with Crippen LogP contribution in [0.15, 0.2) is 36.9 Å². The fraction of sp³-hybridized carbons (Fsp3) is 0.346. The molecule has 3 aromatic heterocycles. The van der Waals surface area contributed by atoms with Crippen molar-refractivity contribution in [1.82, 2.24) is 35.0 Å². The summed E-state index contributed by atoms with van der Waals surface area (Å²) < 4.78 is 7.65. The number of aliphatic hydroxyl groups is 1. The summed E-state index contributed by atoms with van der Waals surface area (Å²) in [4.78, 5) is 20.7. The average molecular weight is 555 g/mol. The Kier molecular flexibility index (Phi) is 7.75. The summed E-state index contributed by atoms with van der Waals surface area (Å²) in [6, 6.07) is 5.28. The first kappa shape index (κ1) is 26.3. The SMILES string of the molecule is CCn1ncc(Cl)c1-c1nc(-c2cc(OC[C@H](O)CNC)ccc2Cl)nc(N2Cc3cncnc3C2)c1C. The van der Waals surface area contributed by atoms with Crippen molar-refractivity contribution in [3.05, 3.63) is 63.8 Å². The fourth-order valence-electron chi connectivity index (χ4n) is 4.50. The van der Waals surface area contributed by atoms with Crippen molar-refractivity contribution in [2.75, 3.05) is 25.1 Å². The molecule has 1 aliphatic heterocycles. The molecule has 4 heterocycles. The molecule has 198 valence electrons. The van der Waals surface area contributed by atoms with Gasteiger partial charge in [0.15, 0.2) is 5.82 Å². The van der Waals surface area contributed by atoms with E-state index >= 15 is 0 Å². The van der Waals surface area contributed by atoms with Gasteiger partial charge in [-0.25, -0.2) is 19.9 Å². The largest absolute Gasteiger partial charge is 0.491 e. The second kappa shape index (κ2) is 11.2. The van der Waals surface area contributed by atoms with Gasteiger partial charge in [0, 0.05) is 42.5 Å². The predicted molar refractivity (Wildman–Crippen MR) is 146 cm³/mol. The van der Waals surface area contributed by atoms with E-state index in [1.807, 2.05) is 24.7 Å². The molecule has 10 nitrogen and oxygen atoms in total. The standard InChI is InChI=1S/C26H28Cl2N8O2/c1-4-36-24(21(28)10-32-36)23-15(2)26(35-11-16-8-30-14-31-22(16)12-35)34-25(33-23)19-7-18(5-6-20(19)27)38-13-17(37)9-29-3/h5-8,10,14,17,29,37H,4,9,11-13H2,1-3H3/t17-/m1/s1. The van der Waals surface area contributed by atoms with Crippen LogP contribution in [0.3, 0.4) is 0 Å². The molecule has 1 aromatic carbocycles. The maximum absolute atomic E-state index is 10.1. The van der Waals surface area contributed by atoms with Crippen LogP contribution < -0.4 is 15.0 Å². The van der Waals surface area contributed by atoms with Crippen LogP contribution in [0.4, 0.5) is 5.82 Å². The molecule has 1 atom stereocenters. The maximum Gasteiger partial charge on any atom is 0.163 e. The van der Waals surface area contributed by atoms with E-state index in [0.717, 1.165) is 22.6 Å². The highest BCUT2D eigenvalue weighted by molar-refractivity contribution is 6.33. The summed E-state index contributed by atoms with van der Waals surface area (Å²) in [5, 5.41) is 18.4. The summed E-state index contributed by atoms with van der Waals surface area (Å²) in [7, 11) is 1.77. The lowest BCUT2D eigenvalue weighted by atomic mass is 10.1. The number of aliphatic hydroxyl groups excluding tert-OH is 1. The number of fused-ring (bicyclic) bond motifs is 1. The number of aryl methyl sites for hydroxylation is 1. The van der Waals surface area contributed by atoms with Crippen LogP contribution in [-0.2, 0) is 19.6 Å². The number of benzene rings is 1. The Hall–Kier alpha value is -3.31. The molecule has 0 spiro atoms. The third kappa shape index (κ3) is 5.17. The van der Waals surface area contributed by atoms with Crippen LogP contribution in [-0.4, -0.2) is 61.1 Å². The third-order valence-electron chi connectivity index (χ3n) is 6.38.